The molecule has 0 unspecified atom stereocenters. The Morgan fingerprint density at radius 1 is 1.21 bits per heavy atom. The van der Waals surface area contributed by atoms with Gasteiger partial charge in [-0.2, -0.15) is 0 Å². The van der Waals surface area contributed by atoms with Crippen molar-refractivity contribution >= 4 is 11.6 Å². The van der Waals surface area contributed by atoms with Gasteiger partial charge in [0.15, 0.2) is 0 Å². The average molecular weight is 193 g/mol. The number of aromatic nitrogens is 2. The van der Waals surface area contributed by atoms with Crippen LogP contribution in [0, 0.1) is 0 Å². The molecule has 2 N–H and O–H groups in total. The van der Waals surface area contributed by atoms with Crippen molar-refractivity contribution in [2.45, 2.75) is 0 Å². The quantitative estimate of drug-likeness (QED) is 0.670. The second kappa shape index (κ2) is 3.79. The number of anilines is 2. The number of nitrogens with two attached hydrogens (primary N) is 1. The predicted octanol–water partition coefficient (Wildman–Crippen LogP) is -0.189. The van der Waals surface area contributed by atoms with Crippen LogP contribution < -0.4 is 10.6 Å². The highest BCUT2D eigenvalue weighted by Gasteiger charge is 2.14. The van der Waals surface area contributed by atoms with Crippen LogP contribution in [-0.4, -0.2) is 48.1 Å². The molecule has 0 radical (unpaired) electrons. The molecule has 1 aromatic rings. The van der Waals surface area contributed by atoms with Crippen LogP contribution in [0.2, 0.25) is 0 Å². The fourth-order valence-corrected chi connectivity index (χ4v) is 1.57. The van der Waals surface area contributed by atoms with Crippen LogP contribution in [0.3, 0.4) is 0 Å². The Balaban J connectivity index is 2.08. The van der Waals surface area contributed by atoms with E-state index in [2.05, 4.69) is 26.8 Å². The molecule has 1 aliphatic rings. The lowest BCUT2D eigenvalue weighted by Crippen LogP contribution is -2.44. The molecule has 76 valence electrons. The lowest BCUT2D eigenvalue weighted by molar-refractivity contribution is 0.312. The van der Waals surface area contributed by atoms with Gasteiger partial charge in [-0.05, 0) is 7.05 Å². The third kappa shape index (κ3) is 1.93. The minimum Gasteiger partial charge on any atom is -0.384 e. The van der Waals surface area contributed by atoms with Gasteiger partial charge >= 0.3 is 0 Å². The number of hydrogen-bond acceptors (Lipinski definition) is 5. The first-order chi connectivity index (χ1) is 6.75. The van der Waals surface area contributed by atoms with Gasteiger partial charge in [-0.25, -0.2) is 9.97 Å². The molecule has 2 heterocycles. The summed E-state index contributed by atoms with van der Waals surface area (Å²) in [7, 11) is 2.13. The smallest absolute Gasteiger partial charge is 0.134 e. The standard InChI is InChI=1S/C9H15N5/c1-13-2-4-14(5-3-13)9-6-8(10)11-7-12-9/h6-7H,2-5H2,1H3,(H2,10,11,12). The molecule has 0 saturated carbocycles. The van der Waals surface area contributed by atoms with Gasteiger partial charge in [-0.1, -0.05) is 0 Å². The summed E-state index contributed by atoms with van der Waals surface area (Å²) in [6.45, 7) is 4.16. The molecule has 1 aliphatic heterocycles. The van der Waals surface area contributed by atoms with Gasteiger partial charge in [0.05, 0.1) is 0 Å². The fraction of sp³-hybridized carbons (Fsp3) is 0.556. The van der Waals surface area contributed by atoms with Crippen LogP contribution in [0.4, 0.5) is 11.6 Å². The number of nitrogens with zero attached hydrogens (tertiary/aromatic N) is 4. The molecule has 0 atom stereocenters. The Hall–Kier alpha value is -1.36. The fourth-order valence-electron chi connectivity index (χ4n) is 1.57. The van der Waals surface area contributed by atoms with Gasteiger partial charge in [0.2, 0.25) is 0 Å². The Morgan fingerprint density at radius 2 is 1.93 bits per heavy atom. The Morgan fingerprint density at radius 3 is 2.57 bits per heavy atom. The topological polar surface area (TPSA) is 58.3 Å². The van der Waals surface area contributed by atoms with Crippen molar-refractivity contribution < 1.29 is 0 Å². The maximum Gasteiger partial charge on any atom is 0.134 e. The first-order valence-corrected chi connectivity index (χ1v) is 4.77. The molecule has 0 spiro atoms. The van der Waals surface area contributed by atoms with Crippen LogP contribution in [0.1, 0.15) is 0 Å². The molecule has 0 aliphatic carbocycles. The second-order valence-corrected chi connectivity index (χ2v) is 3.59. The summed E-state index contributed by atoms with van der Waals surface area (Å²) in [5.41, 5.74) is 5.60. The van der Waals surface area contributed by atoms with Gasteiger partial charge in [0.25, 0.3) is 0 Å². The summed E-state index contributed by atoms with van der Waals surface area (Å²) >= 11 is 0. The zero-order valence-electron chi connectivity index (χ0n) is 8.35. The minimum absolute atomic E-state index is 0.536. The van der Waals surface area contributed by atoms with E-state index in [4.69, 9.17) is 5.73 Å². The van der Waals surface area contributed by atoms with Gasteiger partial charge in [0, 0.05) is 32.2 Å². The molecule has 0 aromatic carbocycles. The van der Waals surface area contributed by atoms with E-state index in [0.29, 0.717) is 5.82 Å². The van der Waals surface area contributed by atoms with E-state index in [1.807, 2.05) is 6.07 Å². The molecule has 1 saturated heterocycles. The first-order valence-electron chi connectivity index (χ1n) is 4.77. The van der Waals surface area contributed by atoms with Gasteiger partial charge in [-0.3, -0.25) is 0 Å². The van der Waals surface area contributed by atoms with Crippen molar-refractivity contribution in [1.29, 1.82) is 0 Å². The van der Waals surface area contributed by atoms with Gasteiger partial charge in [-0.15, -0.1) is 0 Å². The highest BCUT2D eigenvalue weighted by atomic mass is 15.3. The Kier molecular flexibility index (Phi) is 2.49. The number of piperazine rings is 1. The van der Waals surface area contributed by atoms with Crippen LogP contribution >= 0.6 is 0 Å². The van der Waals surface area contributed by atoms with Gasteiger partial charge in [0.1, 0.15) is 18.0 Å². The Labute approximate surface area is 83.5 Å². The number of nitrogen functional groups attached to an aromatic ring is 1. The number of likely N-dealkylation sites (N-methyl/N-ethyl adjacent to an activating group) is 1. The van der Waals surface area contributed by atoms with Crippen molar-refractivity contribution in [2.24, 2.45) is 0 Å². The molecule has 5 nitrogen and oxygen atoms in total. The molecule has 0 amide bonds. The van der Waals surface area contributed by atoms with Crippen LogP contribution in [-0.2, 0) is 0 Å². The summed E-state index contributed by atoms with van der Waals surface area (Å²) in [4.78, 5) is 12.6. The lowest BCUT2D eigenvalue weighted by Gasteiger charge is -2.33. The number of hydrogen-bond donors (Lipinski definition) is 1. The normalized spacial score (nSPS) is 18.5. The average Bonchev–Trinajstić information content (AvgIpc) is 2.19. The second-order valence-electron chi connectivity index (χ2n) is 3.59. The highest BCUT2D eigenvalue weighted by Crippen LogP contribution is 2.13. The molecule has 1 aromatic heterocycles. The maximum atomic E-state index is 5.60. The molecule has 2 rings (SSSR count). The molecule has 14 heavy (non-hydrogen) atoms. The van der Waals surface area contributed by atoms with E-state index < -0.39 is 0 Å². The molecular weight excluding hydrogens is 178 g/mol. The van der Waals surface area contributed by atoms with E-state index in [1.54, 1.807) is 0 Å². The summed E-state index contributed by atoms with van der Waals surface area (Å²) in [6, 6.07) is 1.82. The molecule has 0 bridgehead atoms. The molecule has 1 fully saturated rings. The summed E-state index contributed by atoms with van der Waals surface area (Å²) in [6.07, 6.45) is 1.52. The largest absolute Gasteiger partial charge is 0.384 e. The van der Waals surface area contributed by atoms with Crippen molar-refractivity contribution in [3.63, 3.8) is 0 Å². The zero-order chi connectivity index (χ0) is 9.97. The van der Waals surface area contributed by atoms with Crippen molar-refractivity contribution in [2.75, 3.05) is 43.9 Å². The van der Waals surface area contributed by atoms with E-state index in [1.165, 1.54) is 6.33 Å². The zero-order valence-corrected chi connectivity index (χ0v) is 8.35. The molecular formula is C9H15N5. The highest BCUT2D eigenvalue weighted by molar-refractivity contribution is 5.46. The monoisotopic (exact) mass is 193 g/mol. The van der Waals surface area contributed by atoms with Crippen LogP contribution in [0.15, 0.2) is 12.4 Å². The van der Waals surface area contributed by atoms with Crippen LogP contribution in [0.25, 0.3) is 0 Å². The summed E-state index contributed by atoms with van der Waals surface area (Å²) in [5.74, 6) is 1.47. The van der Waals surface area contributed by atoms with E-state index in [9.17, 15) is 0 Å². The third-order valence-corrected chi connectivity index (χ3v) is 2.50. The number of rotatable bonds is 1. The van der Waals surface area contributed by atoms with E-state index >= 15 is 0 Å². The lowest BCUT2D eigenvalue weighted by atomic mass is 10.3. The van der Waals surface area contributed by atoms with Crippen molar-refractivity contribution in [3.8, 4) is 0 Å². The van der Waals surface area contributed by atoms with E-state index in [0.717, 1.165) is 32.0 Å². The summed E-state index contributed by atoms with van der Waals surface area (Å²) in [5, 5.41) is 0. The van der Waals surface area contributed by atoms with Gasteiger partial charge < -0.3 is 15.5 Å². The Bertz CT molecular complexity index is 306. The first kappa shape index (κ1) is 9.21. The van der Waals surface area contributed by atoms with E-state index in [-0.39, 0.29) is 0 Å². The maximum absolute atomic E-state index is 5.60. The minimum atomic E-state index is 0.536. The van der Waals surface area contributed by atoms with Crippen molar-refractivity contribution in [3.05, 3.63) is 12.4 Å². The van der Waals surface area contributed by atoms with Crippen molar-refractivity contribution in [1.82, 2.24) is 14.9 Å². The third-order valence-electron chi connectivity index (χ3n) is 2.50. The summed E-state index contributed by atoms with van der Waals surface area (Å²) < 4.78 is 0. The predicted molar refractivity (Wildman–Crippen MR) is 56.2 cm³/mol. The SMILES string of the molecule is CN1CCN(c2cc(N)ncn2)CC1. The molecule has 5 heteroatoms. The van der Waals surface area contributed by atoms with Crippen LogP contribution in [0.5, 0.6) is 0 Å².